The molecule has 1 aliphatic carbocycles. The number of nitrogens with zero attached hydrogens (tertiary/aromatic N) is 5. The standard InChI is InChI=1S/C26H29ClN6O/c27-22-4-2-10-29-26(22)32-11-7-20(8-12-32)33-24(17-5-6-17)21(16-31-33)25(34)23-13-19(15-30-23)18-3-1-9-28-14-18/h1-4,9-10,14,16-17,19-20,23,30H,5-8,11-13,15H2. The molecule has 0 amide bonds. The van der Waals surface area contributed by atoms with E-state index in [2.05, 4.69) is 30.9 Å². The lowest BCUT2D eigenvalue weighted by Crippen LogP contribution is -2.36. The Kier molecular flexibility index (Phi) is 5.83. The van der Waals surface area contributed by atoms with Crippen molar-refractivity contribution in [1.29, 1.82) is 0 Å². The highest BCUT2D eigenvalue weighted by Crippen LogP contribution is 2.44. The van der Waals surface area contributed by atoms with Crippen molar-refractivity contribution in [2.75, 3.05) is 24.5 Å². The van der Waals surface area contributed by atoms with Gasteiger partial charge in [-0.1, -0.05) is 17.7 Å². The molecule has 0 aromatic carbocycles. The zero-order valence-corrected chi connectivity index (χ0v) is 19.9. The van der Waals surface area contributed by atoms with Crippen LogP contribution < -0.4 is 10.2 Å². The third-order valence-corrected chi connectivity index (χ3v) is 7.81. The van der Waals surface area contributed by atoms with E-state index in [-0.39, 0.29) is 11.8 Å². The van der Waals surface area contributed by atoms with E-state index in [1.54, 1.807) is 12.4 Å². The number of piperidine rings is 1. The van der Waals surface area contributed by atoms with Gasteiger partial charge in [-0.25, -0.2) is 4.98 Å². The van der Waals surface area contributed by atoms with Crippen LogP contribution in [0, 0.1) is 0 Å². The number of rotatable bonds is 6. The van der Waals surface area contributed by atoms with E-state index < -0.39 is 0 Å². The minimum Gasteiger partial charge on any atom is -0.355 e. The second-order valence-electron chi connectivity index (χ2n) is 9.73. The average molecular weight is 477 g/mol. The molecule has 176 valence electrons. The van der Waals surface area contributed by atoms with Gasteiger partial charge in [0, 0.05) is 44.1 Å². The highest BCUT2D eigenvalue weighted by molar-refractivity contribution is 6.32. The van der Waals surface area contributed by atoms with Gasteiger partial charge in [0.25, 0.3) is 0 Å². The summed E-state index contributed by atoms with van der Waals surface area (Å²) < 4.78 is 2.18. The van der Waals surface area contributed by atoms with E-state index in [4.69, 9.17) is 16.7 Å². The molecule has 0 radical (unpaired) electrons. The molecule has 0 spiro atoms. The predicted molar refractivity (Wildman–Crippen MR) is 132 cm³/mol. The Morgan fingerprint density at radius 2 is 1.85 bits per heavy atom. The van der Waals surface area contributed by atoms with Gasteiger partial charge in [-0.05, 0) is 61.8 Å². The van der Waals surface area contributed by atoms with E-state index in [1.807, 2.05) is 30.6 Å². The van der Waals surface area contributed by atoms with Crippen LogP contribution in [0.5, 0.6) is 0 Å². The summed E-state index contributed by atoms with van der Waals surface area (Å²) in [6.45, 7) is 2.57. The molecule has 6 rings (SSSR count). The molecule has 1 saturated carbocycles. The molecule has 2 unspecified atom stereocenters. The molecule has 34 heavy (non-hydrogen) atoms. The molecule has 3 aliphatic rings. The number of halogens is 1. The normalized spacial score (nSPS) is 23.4. The summed E-state index contributed by atoms with van der Waals surface area (Å²) in [5.41, 5.74) is 3.18. The Labute approximate surface area is 204 Å². The number of carbonyl (C=O) groups excluding carboxylic acids is 1. The summed E-state index contributed by atoms with van der Waals surface area (Å²) >= 11 is 6.37. The molecular weight excluding hydrogens is 448 g/mol. The van der Waals surface area contributed by atoms with Gasteiger partial charge in [0.2, 0.25) is 0 Å². The molecular formula is C26H29ClN6O. The van der Waals surface area contributed by atoms with E-state index >= 15 is 0 Å². The molecule has 8 heteroatoms. The molecule has 3 aromatic rings. The molecule has 2 atom stereocenters. The Balaban J connectivity index is 1.18. The van der Waals surface area contributed by atoms with Gasteiger partial charge in [-0.3, -0.25) is 14.5 Å². The van der Waals surface area contributed by atoms with Crippen molar-refractivity contribution < 1.29 is 4.79 Å². The van der Waals surface area contributed by atoms with E-state index in [1.165, 1.54) is 5.56 Å². The first-order valence-electron chi connectivity index (χ1n) is 12.3. The van der Waals surface area contributed by atoms with E-state index in [0.717, 1.165) is 68.8 Å². The molecule has 2 saturated heterocycles. The van der Waals surface area contributed by atoms with Crippen molar-refractivity contribution in [3.63, 3.8) is 0 Å². The molecule has 3 aromatic heterocycles. The topological polar surface area (TPSA) is 75.9 Å². The monoisotopic (exact) mass is 476 g/mol. The van der Waals surface area contributed by atoms with Gasteiger partial charge >= 0.3 is 0 Å². The summed E-state index contributed by atoms with van der Waals surface area (Å²) in [5, 5.41) is 8.95. The predicted octanol–water partition coefficient (Wildman–Crippen LogP) is 4.37. The third kappa shape index (κ3) is 4.12. The van der Waals surface area contributed by atoms with Crippen LogP contribution in [-0.4, -0.2) is 51.2 Å². The van der Waals surface area contributed by atoms with Gasteiger partial charge in [0.1, 0.15) is 5.82 Å². The number of pyridine rings is 2. The minimum atomic E-state index is -0.159. The van der Waals surface area contributed by atoms with Gasteiger partial charge < -0.3 is 10.2 Å². The highest BCUT2D eigenvalue weighted by Gasteiger charge is 2.38. The number of hydrogen-bond donors (Lipinski definition) is 1. The number of aromatic nitrogens is 4. The van der Waals surface area contributed by atoms with Crippen LogP contribution in [0.25, 0.3) is 0 Å². The van der Waals surface area contributed by atoms with Crippen LogP contribution in [-0.2, 0) is 0 Å². The van der Waals surface area contributed by atoms with E-state index in [0.29, 0.717) is 22.9 Å². The fourth-order valence-corrected chi connectivity index (χ4v) is 5.78. The maximum absolute atomic E-state index is 13.6. The zero-order chi connectivity index (χ0) is 23.1. The fraction of sp³-hybridized carbons (Fsp3) is 0.462. The van der Waals surface area contributed by atoms with Crippen LogP contribution in [0.1, 0.15) is 71.6 Å². The lowest BCUT2D eigenvalue weighted by Gasteiger charge is -2.34. The second-order valence-corrected chi connectivity index (χ2v) is 10.1. The minimum absolute atomic E-state index is 0.159. The zero-order valence-electron chi connectivity index (χ0n) is 19.1. The number of anilines is 1. The average Bonchev–Trinajstić information content (AvgIpc) is 3.42. The number of Topliss-reactive ketones (excluding diaryl/α,β-unsaturated/α-hetero) is 1. The quantitative estimate of drug-likeness (QED) is 0.532. The largest absolute Gasteiger partial charge is 0.355 e. The SMILES string of the molecule is O=C(c1cnn(C2CCN(c3ncccc3Cl)CC2)c1C1CC1)C1CC(c2cccnc2)CN1. The number of ketones is 1. The number of nitrogens with one attached hydrogen (secondary N) is 1. The van der Waals surface area contributed by atoms with Crippen molar-refractivity contribution in [2.45, 2.75) is 56.0 Å². The third-order valence-electron chi connectivity index (χ3n) is 7.52. The van der Waals surface area contributed by atoms with Gasteiger partial charge in [-0.2, -0.15) is 5.10 Å². The smallest absolute Gasteiger partial charge is 0.183 e. The Hall–Kier alpha value is -2.77. The first kappa shape index (κ1) is 21.7. The molecule has 5 heterocycles. The first-order chi connectivity index (χ1) is 16.7. The van der Waals surface area contributed by atoms with Crippen LogP contribution in [0.2, 0.25) is 5.02 Å². The molecule has 7 nitrogen and oxygen atoms in total. The highest BCUT2D eigenvalue weighted by atomic mass is 35.5. The summed E-state index contributed by atoms with van der Waals surface area (Å²) in [7, 11) is 0. The number of carbonyl (C=O) groups is 1. The second kappa shape index (κ2) is 9.12. The summed E-state index contributed by atoms with van der Waals surface area (Å²) in [5.74, 6) is 1.83. The van der Waals surface area contributed by atoms with Crippen molar-refractivity contribution in [3.8, 4) is 0 Å². The van der Waals surface area contributed by atoms with Crippen molar-refractivity contribution in [3.05, 3.63) is 70.9 Å². The maximum Gasteiger partial charge on any atom is 0.183 e. The lowest BCUT2D eigenvalue weighted by atomic mass is 9.94. The fourth-order valence-electron chi connectivity index (χ4n) is 5.54. The van der Waals surface area contributed by atoms with Crippen molar-refractivity contribution in [1.82, 2.24) is 25.1 Å². The van der Waals surface area contributed by atoms with Crippen molar-refractivity contribution in [2.24, 2.45) is 0 Å². The summed E-state index contributed by atoms with van der Waals surface area (Å²) in [6, 6.07) is 7.96. The summed E-state index contributed by atoms with van der Waals surface area (Å²) in [6.07, 6.45) is 12.4. The van der Waals surface area contributed by atoms with Crippen LogP contribution >= 0.6 is 11.6 Å². The van der Waals surface area contributed by atoms with Crippen molar-refractivity contribution >= 4 is 23.2 Å². The molecule has 0 bridgehead atoms. The van der Waals surface area contributed by atoms with Gasteiger partial charge in [-0.15, -0.1) is 0 Å². The Morgan fingerprint density at radius 3 is 2.59 bits per heavy atom. The van der Waals surface area contributed by atoms with Gasteiger partial charge in [0.15, 0.2) is 5.78 Å². The van der Waals surface area contributed by atoms with Crippen LogP contribution in [0.15, 0.2) is 49.1 Å². The molecule has 2 aliphatic heterocycles. The molecule has 3 fully saturated rings. The Morgan fingerprint density at radius 1 is 1.03 bits per heavy atom. The van der Waals surface area contributed by atoms with Gasteiger partial charge in [0.05, 0.1) is 34.6 Å². The lowest BCUT2D eigenvalue weighted by molar-refractivity contribution is 0.0950. The Bertz CT molecular complexity index is 1170. The molecule has 1 N–H and O–H groups in total. The van der Waals surface area contributed by atoms with Crippen LogP contribution in [0.3, 0.4) is 0 Å². The maximum atomic E-state index is 13.6. The number of hydrogen-bond acceptors (Lipinski definition) is 6. The van der Waals surface area contributed by atoms with E-state index in [9.17, 15) is 4.79 Å². The van der Waals surface area contributed by atoms with Crippen LogP contribution in [0.4, 0.5) is 5.82 Å². The summed E-state index contributed by atoms with van der Waals surface area (Å²) in [4.78, 5) is 24.6. The first-order valence-corrected chi connectivity index (χ1v) is 12.7.